The summed E-state index contributed by atoms with van der Waals surface area (Å²) in [6.07, 6.45) is 0.747. The summed E-state index contributed by atoms with van der Waals surface area (Å²) < 4.78 is 10.4. The molecule has 1 aliphatic heterocycles. The average Bonchev–Trinajstić information content (AvgIpc) is 2.82. The molecule has 104 valence electrons. The highest BCUT2D eigenvalue weighted by atomic mass is 16.5. The lowest BCUT2D eigenvalue weighted by Crippen LogP contribution is -2.44. The van der Waals surface area contributed by atoms with Crippen LogP contribution in [-0.2, 0) is 0 Å². The Morgan fingerprint density at radius 3 is 2.68 bits per heavy atom. The number of methoxy groups -OCH3 is 2. The van der Waals surface area contributed by atoms with Crippen molar-refractivity contribution in [1.29, 1.82) is 0 Å². The molecule has 1 heterocycles. The molecule has 1 fully saturated rings. The van der Waals surface area contributed by atoms with Gasteiger partial charge in [-0.15, -0.1) is 0 Å². The van der Waals surface area contributed by atoms with Crippen LogP contribution in [-0.4, -0.2) is 32.3 Å². The van der Waals surface area contributed by atoms with Gasteiger partial charge >= 0.3 is 0 Å². The molecule has 0 bridgehead atoms. The van der Waals surface area contributed by atoms with Crippen LogP contribution in [0, 0.1) is 0 Å². The minimum Gasteiger partial charge on any atom is -0.493 e. The predicted molar refractivity (Wildman–Crippen MR) is 71.2 cm³/mol. The van der Waals surface area contributed by atoms with Crippen LogP contribution in [0.5, 0.6) is 11.5 Å². The third kappa shape index (κ3) is 2.97. The van der Waals surface area contributed by atoms with E-state index in [4.69, 9.17) is 9.47 Å². The Balaban J connectivity index is 2.14. The summed E-state index contributed by atoms with van der Waals surface area (Å²) in [6.45, 7) is 2.05. The largest absolute Gasteiger partial charge is 0.493 e. The third-order valence-electron chi connectivity index (χ3n) is 3.05. The summed E-state index contributed by atoms with van der Waals surface area (Å²) >= 11 is 0. The van der Waals surface area contributed by atoms with Crippen LogP contribution in [0.2, 0.25) is 0 Å². The Hall–Kier alpha value is -1.79. The van der Waals surface area contributed by atoms with Gasteiger partial charge in [0.1, 0.15) is 0 Å². The molecule has 0 aliphatic carbocycles. The van der Waals surface area contributed by atoms with E-state index in [-0.39, 0.29) is 12.1 Å². The molecule has 0 aromatic heterocycles. The van der Waals surface area contributed by atoms with E-state index in [1.807, 2.05) is 6.92 Å². The van der Waals surface area contributed by atoms with Crippen LogP contribution in [0.1, 0.15) is 23.7 Å². The molecule has 0 spiro atoms. The van der Waals surface area contributed by atoms with Gasteiger partial charge in [0.05, 0.1) is 25.9 Å². The topological polar surface area (TPSA) is 71.6 Å². The van der Waals surface area contributed by atoms with Gasteiger partial charge in [0.25, 0.3) is 5.91 Å². The van der Waals surface area contributed by atoms with Crippen molar-refractivity contribution in [3.63, 3.8) is 0 Å². The van der Waals surface area contributed by atoms with Gasteiger partial charge in [-0.2, -0.15) is 0 Å². The fourth-order valence-electron chi connectivity index (χ4n) is 2.11. The maximum atomic E-state index is 12.2. The Morgan fingerprint density at radius 2 is 2.11 bits per heavy atom. The number of hydrogen-bond acceptors (Lipinski definition) is 5. The highest BCUT2D eigenvalue weighted by molar-refractivity contribution is 5.98. The number of para-hydroxylation sites is 1. The maximum Gasteiger partial charge on any atom is 0.256 e. The molecule has 2 rings (SSSR count). The Bertz CT molecular complexity index is 464. The van der Waals surface area contributed by atoms with Gasteiger partial charge in [0, 0.05) is 6.04 Å². The van der Waals surface area contributed by atoms with Gasteiger partial charge in [-0.3, -0.25) is 10.2 Å². The van der Waals surface area contributed by atoms with Gasteiger partial charge in [-0.25, -0.2) is 5.43 Å². The second kappa shape index (κ2) is 5.90. The first-order valence-corrected chi connectivity index (χ1v) is 6.18. The molecule has 0 radical (unpaired) electrons. The second-order valence-electron chi connectivity index (χ2n) is 4.49. The first-order chi connectivity index (χ1) is 9.15. The van der Waals surface area contributed by atoms with Crippen LogP contribution in [0.4, 0.5) is 0 Å². The molecule has 6 heteroatoms. The van der Waals surface area contributed by atoms with Crippen molar-refractivity contribution in [2.24, 2.45) is 0 Å². The van der Waals surface area contributed by atoms with Crippen molar-refractivity contribution < 1.29 is 14.3 Å². The number of rotatable bonds is 4. The predicted octanol–water partition coefficient (Wildman–Crippen LogP) is 0.646. The molecule has 1 aliphatic rings. The lowest BCUT2D eigenvalue weighted by atomic mass is 10.1. The van der Waals surface area contributed by atoms with Gasteiger partial charge in [0.2, 0.25) is 0 Å². The molecule has 19 heavy (non-hydrogen) atoms. The number of carbonyl (C=O) groups excluding carboxylic acids is 1. The Morgan fingerprint density at radius 1 is 1.32 bits per heavy atom. The minimum absolute atomic E-state index is 0.0848. The first kappa shape index (κ1) is 13.6. The van der Waals surface area contributed by atoms with Crippen LogP contribution in [0.3, 0.4) is 0 Å². The molecule has 1 amide bonds. The standard InChI is InChI=1S/C13H19N3O3/c1-8-7-11(16-15-8)14-13(17)9-5-4-6-10(18-2)12(9)19-3/h4-6,8,11,15-16H,7H2,1-3H3,(H,14,17). The molecule has 1 aromatic rings. The van der Waals surface area contributed by atoms with E-state index < -0.39 is 0 Å². The zero-order chi connectivity index (χ0) is 13.8. The summed E-state index contributed by atoms with van der Waals surface area (Å²) in [5, 5.41) is 2.90. The van der Waals surface area contributed by atoms with Gasteiger partial charge in [-0.1, -0.05) is 6.07 Å². The van der Waals surface area contributed by atoms with E-state index in [0.29, 0.717) is 23.1 Å². The number of nitrogens with one attached hydrogen (secondary N) is 3. The zero-order valence-corrected chi connectivity index (χ0v) is 11.3. The Kier molecular flexibility index (Phi) is 4.24. The van der Waals surface area contributed by atoms with Gasteiger partial charge < -0.3 is 14.8 Å². The quantitative estimate of drug-likeness (QED) is 0.745. The van der Waals surface area contributed by atoms with E-state index >= 15 is 0 Å². The van der Waals surface area contributed by atoms with E-state index in [9.17, 15) is 4.79 Å². The van der Waals surface area contributed by atoms with Crippen molar-refractivity contribution in [3.8, 4) is 11.5 Å². The summed E-state index contributed by atoms with van der Waals surface area (Å²) in [5.74, 6) is 0.798. The van der Waals surface area contributed by atoms with Crippen LogP contribution >= 0.6 is 0 Å². The fourth-order valence-corrected chi connectivity index (χ4v) is 2.11. The highest BCUT2D eigenvalue weighted by Gasteiger charge is 2.24. The van der Waals surface area contributed by atoms with Crippen molar-refractivity contribution in [1.82, 2.24) is 16.2 Å². The van der Waals surface area contributed by atoms with Crippen LogP contribution in [0.15, 0.2) is 18.2 Å². The summed E-state index contributed by atoms with van der Waals surface area (Å²) in [6, 6.07) is 5.56. The molecule has 1 saturated heterocycles. The van der Waals surface area contributed by atoms with E-state index in [1.54, 1.807) is 25.3 Å². The highest BCUT2D eigenvalue weighted by Crippen LogP contribution is 2.30. The first-order valence-electron chi connectivity index (χ1n) is 6.18. The summed E-state index contributed by atoms with van der Waals surface area (Å²) in [5.41, 5.74) is 6.54. The number of amides is 1. The number of hydrazine groups is 1. The molecule has 1 aromatic carbocycles. The Labute approximate surface area is 112 Å². The second-order valence-corrected chi connectivity index (χ2v) is 4.49. The molecular formula is C13H19N3O3. The van der Waals surface area contributed by atoms with Gasteiger partial charge in [-0.05, 0) is 25.5 Å². The van der Waals surface area contributed by atoms with Crippen molar-refractivity contribution in [2.75, 3.05) is 14.2 Å². The molecule has 3 N–H and O–H groups in total. The number of ether oxygens (including phenoxy) is 2. The van der Waals surface area contributed by atoms with E-state index in [1.165, 1.54) is 7.11 Å². The SMILES string of the molecule is COc1cccc(C(=O)NC2CC(C)NN2)c1OC. The lowest BCUT2D eigenvalue weighted by Gasteiger charge is -2.15. The molecule has 6 nitrogen and oxygen atoms in total. The van der Waals surface area contributed by atoms with Crippen LogP contribution < -0.4 is 25.6 Å². The van der Waals surface area contributed by atoms with Crippen molar-refractivity contribution in [3.05, 3.63) is 23.8 Å². The number of benzene rings is 1. The number of carbonyl (C=O) groups is 1. The minimum atomic E-state index is -0.191. The van der Waals surface area contributed by atoms with Crippen molar-refractivity contribution in [2.45, 2.75) is 25.6 Å². The van der Waals surface area contributed by atoms with Crippen LogP contribution in [0.25, 0.3) is 0 Å². The van der Waals surface area contributed by atoms with E-state index in [2.05, 4.69) is 16.2 Å². The van der Waals surface area contributed by atoms with Crippen molar-refractivity contribution >= 4 is 5.91 Å². The third-order valence-corrected chi connectivity index (χ3v) is 3.05. The zero-order valence-electron chi connectivity index (χ0n) is 11.3. The summed E-state index contributed by atoms with van der Waals surface area (Å²) in [4.78, 5) is 12.2. The fraction of sp³-hybridized carbons (Fsp3) is 0.462. The molecule has 2 atom stereocenters. The number of hydrogen-bond donors (Lipinski definition) is 3. The maximum absolute atomic E-state index is 12.2. The monoisotopic (exact) mass is 265 g/mol. The smallest absolute Gasteiger partial charge is 0.256 e. The lowest BCUT2D eigenvalue weighted by molar-refractivity contribution is 0.0928. The summed E-state index contributed by atoms with van der Waals surface area (Å²) in [7, 11) is 3.07. The van der Waals surface area contributed by atoms with E-state index in [0.717, 1.165) is 6.42 Å². The molecular weight excluding hydrogens is 246 g/mol. The molecule has 0 saturated carbocycles. The molecule has 2 unspecified atom stereocenters. The van der Waals surface area contributed by atoms with Gasteiger partial charge in [0.15, 0.2) is 11.5 Å². The average molecular weight is 265 g/mol. The normalized spacial score (nSPS) is 22.1.